The largest absolute Gasteiger partial charge is 0.457 e. The smallest absolute Gasteiger partial charge is 0.159 e. The van der Waals surface area contributed by atoms with Gasteiger partial charge in [0.15, 0.2) is 11.6 Å². The number of unbranched alkanes of at least 4 members (excludes halogenated alkanes) is 6. The van der Waals surface area contributed by atoms with Crippen LogP contribution in [0.4, 0.5) is 0 Å². The van der Waals surface area contributed by atoms with E-state index in [4.69, 9.17) is 34.1 Å². The maximum atomic E-state index is 6.82. The summed E-state index contributed by atoms with van der Waals surface area (Å²) in [6.45, 7) is 10.2. The molecule has 0 saturated carbocycles. The van der Waals surface area contributed by atoms with Gasteiger partial charge in [-0.05, 0) is 109 Å². The summed E-state index contributed by atoms with van der Waals surface area (Å²) in [6, 6.07) is 30.2. The second-order valence-electron chi connectivity index (χ2n) is 17.2. The van der Waals surface area contributed by atoms with Crippen LogP contribution in [0, 0.1) is 0 Å². The van der Waals surface area contributed by atoms with Gasteiger partial charge in [0.2, 0.25) is 0 Å². The molecule has 304 valence electrons. The highest BCUT2D eigenvalue weighted by Gasteiger charge is 2.41. The van der Waals surface area contributed by atoms with Crippen molar-refractivity contribution < 1.29 is 14.2 Å². The molecule has 0 bridgehead atoms. The van der Waals surface area contributed by atoms with Gasteiger partial charge in [-0.25, -0.2) is 19.9 Å². The van der Waals surface area contributed by atoms with E-state index < -0.39 is 0 Å². The van der Waals surface area contributed by atoms with E-state index in [1.54, 1.807) is 0 Å². The van der Waals surface area contributed by atoms with Gasteiger partial charge in [-0.3, -0.25) is 0 Å². The van der Waals surface area contributed by atoms with E-state index in [0.29, 0.717) is 11.6 Å². The van der Waals surface area contributed by atoms with Gasteiger partial charge in [0, 0.05) is 59.9 Å². The SMILES string of the molecule is CCCCCCc1ccc(-c2cnc(-c3ccc(Oc4ccc(-c5ncc(-c6ccc(CCCCCC)cc6)cn5)cc4C[C@]4(C)CO4)c(C[C@]4(C)CO4)c3)nc2)cc1. The van der Waals surface area contributed by atoms with Crippen LogP contribution in [0.25, 0.3) is 45.0 Å². The quantitative estimate of drug-likeness (QED) is 0.0562. The fourth-order valence-corrected chi connectivity index (χ4v) is 7.78. The molecule has 2 saturated heterocycles. The van der Waals surface area contributed by atoms with Crippen LogP contribution in [0.1, 0.15) is 101 Å². The molecule has 7 nitrogen and oxygen atoms in total. The Balaban J connectivity index is 0.991. The number of rotatable bonds is 20. The summed E-state index contributed by atoms with van der Waals surface area (Å²) in [6.07, 6.45) is 21.6. The average molecular weight is 787 g/mol. The minimum Gasteiger partial charge on any atom is -0.457 e. The number of ether oxygens (including phenoxy) is 3. The first-order chi connectivity index (χ1) is 28.8. The molecule has 4 heterocycles. The van der Waals surface area contributed by atoms with Gasteiger partial charge >= 0.3 is 0 Å². The molecule has 0 radical (unpaired) electrons. The second-order valence-corrected chi connectivity index (χ2v) is 17.2. The molecule has 0 amide bonds. The van der Waals surface area contributed by atoms with E-state index in [2.05, 4.69) is 88.4 Å². The summed E-state index contributed by atoms with van der Waals surface area (Å²) in [5, 5.41) is 0. The van der Waals surface area contributed by atoms with Crippen molar-refractivity contribution in [2.45, 2.75) is 116 Å². The molecular formula is C52H58N4O3. The van der Waals surface area contributed by atoms with Gasteiger partial charge in [-0.15, -0.1) is 0 Å². The number of nitrogens with zero attached hydrogens (tertiary/aromatic N) is 4. The molecule has 2 aliphatic rings. The van der Waals surface area contributed by atoms with E-state index in [0.717, 1.165) is 94.9 Å². The van der Waals surface area contributed by atoms with Gasteiger partial charge in [-0.2, -0.15) is 0 Å². The number of hydrogen-bond donors (Lipinski definition) is 0. The molecule has 2 fully saturated rings. The topological polar surface area (TPSA) is 85.9 Å². The van der Waals surface area contributed by atoms with Crippen molar-refractivity contribution in [3.8, 4) is 56.5 Å². The summed E-state index contributed by atoms with van der Waals surface area (Å²) in [5.74, 6) is 2.95. The fraction of sp³-hybridized carbons (Fsp3) is 0.385. The highest BCUT2D eigenvalue weighted by molar-refractivity contribution is 5.67. The molecule has 6 aromatic rings. The Morgan fingerprint density at radius 2 is 0.847 bits per heavy atom. The molecule has 2 aromatic heterocycles. The third-order valence-corrected chi connectivity index (χ3v) is 11.8. The molecule has 7 heteroatoms. The van der Waals surface area contributed by atoms with E-state index in [9.17, 15) is 0 Å². The zero-order chi connectivity index (χ0) is 40.7. The first-order valence-corrected chi connectivity index (χ1v) is 21.8. The number of benzene rings is 4. The standard InChI is InChI=1S/C52H58N4O3/c1-5-7-9-11-13-37-15-19-39(20-16-37)45-31-53-49(54-32-45)41-23-25-47(43(27-41)29-51(3)35-57-51)59-48-26-24-42(28-44(48)30-52(4)36-58-52)50-55-33-46(34-56-50)40-21-17-38(18-22-40)14-12-10-8-6-2/h15-28,31-34H,5-14,29-30,35-36H2,1-4H3/t51-,52-/m1/s1. The van der Waals surface area contributed by atoms with E-state index >= 15 is 0 Å². The van der Waals surface area contributed by atoms with Crippen molar-refractivity contribution in [2.75, 3.05) is 13.2 Å². The third-order valence-electron chi connectivity index (χ3n) is 11.8. The van der Waals surface area contributed by atoms with E-state index in [1.807, 2.05) is 49.1 Å². The number of aryl methyl sites for hydroxylation is 2. The first-order valence-electron chi connectivity index (χ1n) is 21.8. The van der Waals surface area contributed by atoms with Crippen molar-refractivity contribution >= 4 is 0 Å². The Morgan fingerprint density at radius 3 is 1.20 bits per heavy atom. The predicted octanol–water partition coefficient (Wildman–Crippen LogP) is 12.6. The zero-order valence-corrected chi connectivity index (χ0v) is 35.3. The molecule has 4 aromatic carbocycles. The molecule has 0 spiro atoms. The minimum absolute atomic E-state index is 0.217. The number of hydrogen-bond acceptors (Lipinski definition) is 7. The van der Waals surface area contributed by atoms with Crippen molar-refractivity contribution in [1.82, 2.24) is 19.9 Å². The Kier molecular flexibility index (Phi) is 12.6. The summed E-state index contributed by atoms with van der Waals surface area (Å²) >= 11 is 0. The van der Waals surface area contributed by atoms with Crippen molar-refractivity contribution in [1.29, 1.82) is 0 Å². The summed E-state index contributed by atoms with van der Waals surface area (Å²) in [4.78, 5) is 19.3. The molecule has 0 N–H and O–H groups in total. The molecule has 59 heavy (non-hydrogen) atoms. The summed E-state index contributed by atoms with van der Waals surface area (Å²) < 4.78 is 18.6. The lowest BCUT2D eigenvalue weighted by Gasteiger charge is -2.18. The van der Waals surface area contributed by atoms with Crippen LogP contribution in [0.3, 0.4) is 0 Å². The highest BCUT2D eigenvalue weighted by atomic mass is 16.6. The van der Waals surface area contributed by atoms with Gasteiger partial charge in [-0.1, -0.05) is 101 Å². The van der Waals surface area contributed by atoms with Gasteiger partial charge in [0.05, 0.1) is 24.4 Å². The minimum atomic E-state index is -0.217. The van der Waals surface area contributed by atoms with Gasteiger partial charge < -0.3 is 14.2 Å². The summed E-state index contributed by atoms with van der Waals surface area (Å²) in [7, 11) is 0. The van der Waals surface area contributed by atoms with Crippen LogP contribution in [0.5, 0.6) is 11.5 Å². The van der Waals surface area contributed by atoms with Crippen molar-refractivity contribution in [3.05, 3.63) is 132 Å². The lowest BCUT2D eigenvalue weighted by Crippen LogP contribution is -2.11. The van der Waals surface area contributed by atoms with Crippen LogP contribution in [-0.4, -0.2) is 44.4 Å². The zero-order valence-electron chi connectivity index (χ0n) is 35.3. The third kappa shape index (κ3) is 10.7. The Labute approximate surface area is 350 Å². The lowest BCUT2D eigenvalue weighted by molar-refractivity contribution is 0.317. The Morgan fingerprint density at radius 1 is 0.475 bits per heavy atom. The molecule has 2 atom stereocenters. The molecule has 0 aliphatic carbocycles. The second kappa shape index (κ2) is 18.4. The molecular weight excluding hydrogens is 729 g/mol. The molecule has 8 rings (SSSR count). The number of aromatic nitrogens is 4. The van der Waals surface area contributed by atoms with Crippen LogP contribution in [-0.2, 0) is 35.2 Å². The summed E-state index contributed by atoms with van der Waals surface area (Å²) in [5.41, 5.74) is 10.6. The lowest BCUT2D eigenvalue weighted by atomic mass is 9.97. The Bertz CT molecular complexity index is 2130. The van der Waals surface area contributed by atoms with Crippen LogP contribution in [0.2, 0.25) is 0 Å². The van der Waals surface area contributed by atoms with E-state index in [1.165, 1.54) is 62.5 Å². The number of epoxide rings is 2. The fourth-order valence-electron chi connectivity index (χ4n) is 7.78. The van der Waals surface area contributed by atoms with Crippen LogP contribution >= 0.6 is 0 Å². The maximum Gasteiger partial charge on any atom is 0.159 e. The normalized spacial score (nSPS) is 18.2. The monoisotopic (exact) mass is 786 g/mol. The van der Waals surface area contributed by atoms with Crippen molar-refractivity contribution in [3.63, 3.8) is 0 Å². The Hall–Kier alpha value is -5.24. The van der Waals surface area contributed by atoms with Crippen LogP contribution in [0.15, 0.2) is 110 Å². The van der Waals surface area contributed by atoms with Gasteiger partial charge in [0.25, 0.3) is 0 Å². The van der Waals surface area contributed by atoms with E-state index in [-0.39, 0.29) is 11.2 Å². The van der Waals surface area contributed by atoms with Crippen molar-refractivity contribution in [2.24, 2.45) is 0 Å². The van der Waals surface area contributed by atoms with Gasteiger partial charge in [0.1, 0.15) is 11.5 Å². The molecule has 2 aliphatic heterocycles. The first kappa shape index (κ1) is 40.5. The molecule has 0 unspecified atom stereocenters. The highest BCUT2D eigenvalue weighted by Crippen LogP contribution is 2.40. The predicted molar refractivity (Wildman–Crippen MR) is 238 cm³/mol. The maximum absolute atomic E-state index is 6.82. The average Bonchev–Trinajstić information content (AvgIpc) is 4.20. The van der Waals surface area contributed by atoms with Crippen LogP contribution < -0.4 is 4.74 Å².